The monoisotopic (exact) mass is 378 g/mol. The number of carbonyl (C=O) groups excluding carboxylic acids is 2. The van der Waals surface area contributed by atoms with Gasteiger partial charge < -0.3 is 21.1 Å². The lowest BCUT2D eigenvalue weighted by molar-refractivity contribution is -0.117. The summed E-state index contributed by atoms with van der Waals surface area (Å²) >= 11 is 0. The molecule has 0 unspecified atom stereocenters. The van der Waals surface area contributed by atoms with Crippen molar-refractivity contribution in [3.8, 4) is 5.75 Å². The molecular formula is C19H18N6O3. The highest BCUT2D eigenvalue weighted by Gasteiger charge is 2.30. The van der Waals surface area contributed by atoms with Gasteiger partial charge in [-0.2, -0.15) is 0 Å². The smallest absolute Gasteiger partial charge is 0.259 e. The number of hydrogen-bond acceptors (Lipinski definition) is 7. The molecule has 1 saturated carbocycles. The van der Waals surface area contributed by atoms with E-state index in [9.17, 15) is 14.7 Å². The maximum absolute atomic E-state index is 12.8. The van der Waals surface area contributed by atoms with Crippen LogP contribution in [0.5, 0.6) is 5.75 Å². The van der Waals surface area contributed by atoms with E-state index < -0.39 is 5.91 Å². The van der Waals surface area contributed by atoms with E-state index >= 15 is 0 Å². The highest BCUT2D eigenvalue weighted by Crippen LogP contribution is 2.31. The summed E-state index contributed by atoms with van der Waals surface area (Å²) in [5, 5.41) is 19.4. The van der Waals surface area contributed by atoms with Crippen LogP contribution in [0.25, 0.3) is 10.8 Å². The summed E-state index contributed by atoms with van der Waals surface area (Å²) in [7, 11) is 1.72. The molecule has 3 aromatic heterocycles. The maximum atomic E-state index is 12.8. The average Bonchev–Trinajstić information content (AvgIpc) is 3.54. The van der Waals surface area contributed by atoms with Gasteiger partial charge in [0.1, 0.15) is 11.6 Å². The predicted molar refractivity (Wildman–Crippen MR) is 104 cm³/mol. The van der Waals surface area contributed by atoms with Gasteiger partial charge in [-0.25, -0.2) is 15.0 Å². The number of fused-ring (bicyclic) bond motifs is 1. The Balaban J connectivity index is 1.72. The third-order valence-corrected chi connectivity index (χ3v) is 4.47. The topological polar surface area (TPSA) is 129 Å². The van der Waals surface area contributed by atoms with Gasteiger partial charge in [0.25, 0.3) is 5.91 Å². The lowest BCUT2D eigenvalue weighted by atomic mass is 10.1. The Morgan fingerprint density at radius 3 is 2.61 bits per heavy atom. The van der Waals surface area contributed by atoms with Crippen LogP contribution in [0.1, 0.15) is 23.2 Å². The number of carbonyl (C=O) groups is 2. The fourth-order valence-corrected chi connectivity index (χ4v) is 2.83. The number of amides is 2. The van der Waals surface area contributed by atoms with Gasteiger partial charge in [-0.3, -0.25) is 9.59 Å². The number of anilines is 3. The van der Waals surface area contributed by atoms with Gasteiger partial charge in [-0.05, 0) is 31.0 Å². The minimum atomic E-state index is -0.486. The second-order valence-corrected chi connectivity index (χ2v) is 6.47. The quantitative estimate of drug-likeness (QED) is 0.536. The van der Waals surface area contributed by atoms with Gasteiger partial charge in [-0.1, -0.05) is 0 Å². The largest absolute Gasteiger partial charge is 0.504 e. The minimum Gasteiger partial charge on any atom is -0.504 e. The van der Waals surface area contributed by atoms with E-state index in [0.29, 0.717) is 22.4 Å². The van der Waals surface area contributed by atoms with Crippen molar-refractivity contribution in [2.75, 3.05) is 23.0 Å². The van der Waals surface area contributed by atoms with Crippen LogP contribution in [0, 0.1) is 5.92 Å². The molecule has 28 heavy (non-hydrogen) atoms. The molecular weight excluding hydrogens is 360 g/mol. The van der Waals surface area contributed by atoms with Crippen molar-refractivity contribution in [3.63, 3.8) is 0 Å². The number of pyridine rings is 3. The molecule has 3 aromatic rings. The molecule has 142 valence electrons. The first-order valence-corrected chi connectivity index (χ1v) is 8.79. The van der Waals surface area contributed by atoms with Crippen LogP contribution in [-0.2, 0) is 4.79 Å². The van der Waals surface area contributed by atoms with Crippen molar-refractivity contribution >= 4 is 40.0 Å². The molecule has 9 nitrogen and oxygen atoms in total. The lowest BCUT2D eigenvalue weighted by Crippen LogP contribution is -2.16. The predicted octanol–water partition coefficient (Wildman–Crippen LogP) is 2.37. The fourth-order valence-electron chi connectivity index (χ4n) is 2.83. The summed E-state index contributed by atoms with van der Waals surface area (Å²) in [6.07, 6.45) is 6.22. The van der Waals surface area contributed by atoms with Gasteiger partial charge in [-0.15, -0.1) is 0 Å². The van der Waals surface area contributed by atoms with Crippen LogP contribution in [0.15, 0.2) is 36.8 Å². The zero-order valence-electron chi connectivity index (χ0n) is 15.1. The van der Waals surface area contributed by atoms with Crippen LogP contribution in [-0.4, -0.2) is 38.9 Å². The summed E-state index contributed by atoms with van der Waals surface area (Å²) in [6, 6.07) is 4.63. The number of nitrogens with one attached hydrogen (secondary N) is 3. The van der Waals surface area contributed by atoms with E-state index in [1.54, 1.807) is 25.4 Å². The number of nitrogens with zero attached hydrogens (tertiary/aromatic N) is 3. The van der Waals surface area contributed by atoms with Crippen molar-refractivity contribution in [1.29, 1.82) is 0 Å². The summed E-state index contributed by atoms with van der Waals surface area (Å²) in [6.45, 7) is 0. The highest BCUT2D eigenvalue weighted by molar-refractivity contribution is 6.14. The second-order valence-electron chi connectivity index (χ2n) is 6.47. The number of hydrogen-bond donors (Lipinski definition) is 4. The molecule has 9 heteroatoms. The molecule has 0 bridgehead atoms. The SMILES string of the molecule is CNc1ncc(C(=O)Nc2ncccc2O)c2cc(NC(=O)C3CC3)ncc12. The Morgan fingerprint density at radius 2 is 1.89 bits per heavy atom. The van der Waals surface area contributed by atoms with Crippen molar-refractivity contribution in [2.45, 2.75) is 12.8 Å². The first-order chi connectivity index (χ1) is 13.6. The molecule has 2 amide bonds. The van der Waals surface area contributed by atoms with E-state index in [0.717, 1.165) is 12.8 Å². The Labute approximate surface area is 160 Å². The van der Waals surface area contributed by atoms with Crippen LogP contribution in [0.3, 0.4) is 0 Å². The number of aromatic hydroxyl groups is 1. The summed E-state index contributed by atoms with van der Waals surface area (Å²) < 4.78 is 0. The first-order valence-electron chi connectivity index (χ1n) is 8.79. The van der Waals surface area contributed by atoms with Crippen LogP contribution in [0.2, 0.25) is 0 Å². The van der Waals surface area contributed by atoms with Gasteiger partial charge in [0.05, 0.1) is 5.56 Å². The van der Waals surface area contributed by atoms with Gasteiger partial charge >= 0.3 is 0 Å². The molecule has 0 spiro atoms. The maximum Gasteiger partial charge on any atom is 0.259 e. The minimum absolute atomic E-state index is 0.0395. The molecule has 3 heterocycles. The van der Waals surface area contributed by atoms with E-state index in [2.05, 4.69) is 30.9 Å². The second kappa shape index (κ2) is 7.10. The van der Waals surface area contributed by atoms with Crippen LogP contribution < -0.4 is 16.0 Å². The van der Waals surface area contributed by atoms with Gasteiger partial charge in [0.15, 0.2) is 11.6 Å². The van der Waals surface area contributed by atoms with Crippen molar-refractivity contribution in [2.24, 2.45) is 5.92 Å². The zero-order chi connectivity index (χ0) is 19.7. The van der Waals surface area contributed by atoms with Crippen molar-refractivity contribution < 1.29 is 14.7 Å². The average molecular weight is 378 g/mol. The van der Waals surface area contributed by atoms with E-state index in [4.69, 9.17) is 0 Å². The highest BCUT2D eigenvalue weighted by atomic mass is 16.3. The van der Waals surface area contributed by atoms with Crippen molar-refractivity contribution in [3.05, 3.63) is 42.4 Å². The fraction of sp³-hybridized carbons (Fsp3) is 0.211. The van der Waals surface area contributed by atoms with Crippen LogP contribution >= 0.6 is 0 Å². The molecule has 1 aliphatic rings. The summed E-state index contributed by atoms with van der Waals surface area (Å²) in [4.78, 5) is 37.3. The summed E-state index contributed by atoms with van der Waals surface area (Å²) in [5.41, 5.74) is 0.267. The molecule has 1 aliphatic carbocycles. The lowest BCUT2D eigenvalue weighted by Gasteiger charge is -2.12. The Hall–Kier alpha value is -3.75. The number of aromatic nitrogens is 3. The van der Waals surface area contributed by atoms with E-state index in [1.807, 2.05) is 0 Å². The number of rotatable bonds is 5. The molecule has 0 saturated heterocycles. The summed E-state index contributed by atoms with van der Waals surface area (Å²) in [5.74, 6) is 0.317. The van der Waals surface area contributed by atoms with Gasteiger partial charge in [0.2, 0.25) is 5.91 Å². The normalized spacial score (nSPS) is 13.2. The van der Waals surface area contributed by atoms with E-state index in [1.165, 1.54) is 18.5 Å². The molecule has 4 rings (SSSR count). The first kappa shape index (κ1) is 17.7. The Morgan fingerprint density at radius 1 is 1.07 bits per heavy atom. The molecule has 0 aromatic carbocycles. The third kappa shape index (κ3) is 3.41. The van der Waals surface area contributed by atoms with E-state index in [-0.39, 0.29) is 29.0 Å². The molecule has 0 atom stereocenters. The third-order valence-electron chi connectivity index (χ3n) is 4.47. The van der Waals surface area contributed by atoms with Gasteiger partial charge in [0, 0.05) is 42.3 Å². The molecule has 0 radical (unpaired) electrons. The Bertz CT molecular complexity index is 1080. The zero-order valence-corrected chi connectivity index (χ0v) is 15.1. The molecule has 0 aliphatic heterocycles. The van der Waals surface area contributed by atoms with Crippen molar-refractivity contribution in [1.82, 2.24) is 15.0 Å². The molecule has 4 N–H and O–H groups in total. The Kier molecular flexibility index (Phi) is 4.48. The standard InChI is InChI=1S/C19H18N6O3/c1-20-16-12-8-22-15(24-18(27)10-4-5-10)7-11(12)13(9-23-16)19(28)25-17-14(26)3-2-6-21-17/h2-3,6-10,26H,4-5H2,1H3,(H,20,23)(H,21,25,28)(H,22,24,27). The molecule has 1 fully saturated rings. The van der Waals surface area contributed by atoms with Crippen LogP contribution in [0.4, 0.5) is 17.5 Å².